The molecule has 1 aromatic carbocycles. The van der Waals surface area contributed by atoms with Crippen molar-refractivity contribution in [2.75, 3.05) is 20.2 Å². The molecule has 1 aromatic rings. The highest BCUT2D eigenvalue weighted by Crippen LogP contribution is 2.26. The van der Waals surface area contributed by atoms with Gasteiger partial charge in [-0.1, -0.05) is 6.07 Å². The van der Waals surface area contributed by atoms with E-state index in [4.69, 9.17) is 0 Å². The molecule has 1 heterocycles. The Bertz CT molecular complexity index is 624. The molecule has 1 atom stereocenters. The van der Waals surface area contributed by atoms with E-state index in [1.807, 2.05) is 13.8 Å². The number of carbonyl (C=O) groups is 1. The molecule has 1 aliphatic rings. The second kappa shape index (κ2) is 5.54. The molecule has 20 heavy (non-hydrogen) atoms. The highest BCUT2D eigenvalue weighted by Gasteiger charge is 2.36. The van der Waals surface area contributed by atoms with E-state index >= 15 is 0 Å². The van der Waals surface area contributed by atoms with Crippen LogP contribution in [0.25, 0.3) is 0 Å². The Balaban J connectivity index is 2.23. The fraction of sp³-hybridized carbons (Fsp3) is 0.500. The summed E-state index contributed by atoms with van der Waals surface area (Å²) in [6, 6.07) is 5.09. The number of aryl methyl sites for hydroxylation is 2. The van der Waals surface area contributed by atoms with Gasteiger partial charge >= 0.3 is 5.97 Å². The van der Waals surface area contributed by atoms with Gasteiger partial charge in [-0.25, -0.2) is 8.42 Å². The van der Waals surface area contributed by atoms with Gasteiger partial charge in [-0.3, -0.25) is 4.79 Å². The topological polar surface area (TPSA) is 63.7 Å². The third-order valence-electron chi connectivity index (χ3n) is 3.80. The summed E-state index contributed by atoms with van der Waals surface area (Å²) in [5, 5.41) is 0. The highest BCUT2D eigenvalue weighted by molar-refractivity contribution is 7.89. The van der Waals surface area contributed by atoms with Crippen LogP contribution in [0, 0.1) is 19.8 Å². The zero-order chi connectivity index (χ0) is 14.9. The van der Waals surface area contributed by atoms with Crippen molar-refractivity contribution in [1.29, 1.82) is 0 Å². The molecular weight excluding hydrogens is 278 g/mol. The van der Waals surface area contributed by atoms with E-state index in [1.54, 1.807) is 18.2 Å². The Morgan fingerprint density at radius 1 is 1.30 bits per heavy atom. The number of esters is 1. The van der Waals surface area contributed by atoms with Gasteiger partial charge < -0.3 is 4.74 Å². The van der Waals surface area contributed by atoms with Crippen molar-refractivity contribution < 1.29 is 17.9 Å². The molecule has 2 rings (SSSR count). The Hall–Kier alpha value is -1.40. The second-order valence-electron chi connectivity index (χ2n) is 5.12. The van der Waals surface area contributed by atoms with Gasteiger partial charge in [0.05, 0.1) is 17.9 Å². The van der Waals surface area contributed by atoms with Crippen LogP contribution in [-0.4, -0.2) is 38.9 Å². The molecule has 0 spiro atoms. The average molecular weight is 297 g/mol. The van der Waals surface area contributed by atoms with E-state index in [-0.39, 0.29) is 23.3 Å². The van der Waals surface area contributed by atoms with Crippen molar-refractivity contribution in [1.82, 2.24) is 4.31 Å². The van der Waals surface area contributed by atoms with Crippen LogP contribution in [0.5, 0.6) is 0 Å². The quantitative estimate of drug-likeness (QED) is 0.793. The summed E-state index contributed by atoms with van der Waals surface area (Å²) in [6.07, 6.45) is 0.511. The van der Waals surface area contributed by atoms with Crippen molar-refractivity contribution in [3.05, 3.63) is 29.3 Å². The van der Waals surface area contributed by atoms with Crippen molar-refractivity contribution in [3.63, 3.8) is 0 Å². The fourth-order valence-electron chi connectivity index (χ4n) is 2.33. The van der Waals surface area contributed by atoms with Crippen LogP contribution in [0.15, 0.2) is 23.1 Å². The minimum Gasteiger partial charge on any atom is -0.469 e. The molecule has 1 saturated heterocycles. The van der Waals surface area contributed by atoms with Crippen LogP contribution in [0.2, 0.25) is 0 Å². The zero-order valence-electron chi connectivity index (χ0n) is 11.9. The molecule has 0 aromatic heterocycles. The molecule has 0 radical (unpaired) electrons. The molecule has 1 unspecified atom stereocenters. The van der Waals surface area contributed by atoms with Gasteiger partial charge in [-0.2, -0.15) is 4.31 Å². The lowest BCUT2D eigenvalue weighted by atomic mass is 10.1. The summed E-state index contributed by atoms with van der Waals surface area (Å²) >= 11 is 0. The summed E-state index contributed by atoms with van der Waals surface area (Å²) in [6.45, 7) is 4.38. The Kier molecular flexibility index (Phi) is 4.15. The maximum absolute atomic E-state index is 12.5. The smallest absolute Gasteiger partial charge is 0.310 e. The SMILES string of the molecule is COC(=O)C1CCN(S(=O)(=O)c2ccc(C)c(C)c2)C1. The van der Waals surface area contributed by atoms with E-state index in [1.165, 1.54) is 11.4 Å². The number of carbonyl (C=O) groups excluding carboxylic acids is 1. The largest absolute Gasteiger partial charge is 0.469 e. The van der Waals surface area contributed by atoms with Gasteiger partial charge in [0.1, 0.15) is 0 Å². The molecule has 0 N–H and O–H groups in total. The van der Waals surface area contributed by atoms with E-state index in [0.29, 0.717) is 13.0 Å². The summed E-state index contributed by atoms with van der Waals surface area (Å²) < 4.78 is 31.1. The predicted octanol–water partition coefficient (Wildman–Crippen LogP) is 1.49. The second-order valence-corrected chi connectivity index (χ2v) is 7.06. The predicted molar refractivity (Wildman–Crippen MR) is 74.8 cm³/mol. The number of nitrogens with zero attached hydrogens (tertiary/aromatic N) is 1. The first kappa shape index (κ1) is 15.0. The summed E-state index contributed by atoms with van der Waals surface area (Å²) in [5.74, 6) is -0.705. The first-order chi connectivity index (χ1) is 9.36. The lowest BCUT2D eigenvalue weighted by molar-refractivity contribution is -0.144. The van der Waals surface area contributed by atoms with E-state index < -0.39 is 10.0 Å². The van der Waals surface area contributed by atoms with Crippen LogP contribution in [0.4, 0.5) is 0 Å². The van der Waals surface area contributed by atoms with Crippen LogP contribution < -0.4 is 0 Å². The number of hydrogen-bond donors (Lipinski definition) is 0. The lowest BCUT2D eigenvalue weighted by Gasteiger charge is -2.17. The summed E-state index contributed by atoms with van der Waals surface area (Å²) in [4.78, 5) is 11.8. The first-order valence-electron chi connectivity index (χ1n) is 6.51. The number of sulfonamides is 1. The van der Waals surface area contributed by atoms with E-state index in [9.17, 15) is 13.2 Å². The van der Waals surface area contributed by atoms with Gasteiger partial charge in [0.15, 0.2) is 0 Å². The van der Waals surface area contributed by atoms with Crippen LogP contribution in [0.3, 0.4) is 0 Å². The third kappa shape index (κ3) is 2.71. The van der Waals surface area contributed by atoms with Gasteiger partial charge in [0.25, 0.3) is 0 Å². The molecule has 0 saturated carbocycles. The van der Waals surface area contributed by atoms with Gasteiger partial charge in [0.2, 0.25) is 10.0 Å². The zero-order valence-corrected chi connectivity index (χ0v) is 12.7. The van der Waals surface area contributed by atoms with Crippen LogP contribution in [-0.2, 0) is 19.6 Å². The van der Waals surface area contributed by atoms with Gasteiger partial charge in [-0.15, -0.1) is 0 Å². The van der Waals surface area contributed by atoms with Crippen molar-refractivity contribution in [2.24, 2.45) is 5.92 Å². The Labute approximate surface area is 119 Å². The van der Waals surface area contributed by atoms with Gasteiger partial charge in [0, 0.05) is 13.1 Å². The monoisotopic (exact) mass is 297 g/mol. The normalized spacial score (nSPS) is 20.1. The fourth-order valence-corrected chi connectivity index (χ4v) is 3.91. The number of methoxy groups -OCH3 is 1. The molecule has 0 amide bonds. The molecule has 1 fully saturated rings. The number of hydrogen-bond acceptors (Lipinski definition) is 4. The Morgan fingerprint density at radius 3 is 2.60 bits per heavy atom. The molecular formula is C14H19NO4S. The number of rotatable bonds is 3. The third-order valence-corrected chi connectivity index (χ3v) is 5.66. The minimum absolute atomic E-state index is 0.196. The van der Waals surface area contributed by atoms with E-state index in [2.05, 4.69) is 4.74 Å². The number of ether oxygens (including phenoxy) is 1. The molecule has 0 aliphatic carbocycles. The van der Waals surface area contributed by atoms with E-state index in [0.717, 1.165) is 11.1 Å². The molecule has 5 nitrogen and oxygen atoms in total. The highest BCUT2D eigenvalue weighted by atomic mass is 32.2. The average Bonchev–Trinajstić information content (AvgIpc) is 2.91. The Morgan fingerprint density at radius 2 is 2.00 bits per heavy atom. The van der Waals surface area contributed by atoms with Crippen molar-refractivity contribution in [3.8, 4) is 0 Å². The minimum atomic E-state index is -3.53. The van der Waals surface area contributed by atoms with Crippen molar-refractivity contribution in [2.45, 2.75) is 25.2 Å². The molecule has 1 aliphatic heterocycles. The lowest BCUT2D eigenvalue weighted by Crippen LogP contribution is -2.30. The first-order valence-corrected chi connectivity index (χ1v) is 7.95. The van der Waals surface area contributed by atoms with Crippen LogP contribution in [0.1, 0.15) is 17.5 Å². The maximum atomic E-state index is 12.5. The standard InChI is InChI=1S/C14H19NO4S/c1-10-4-5-13(8-11(10)2)20(17,18)15-7-6-12(9-15)14(16)19-3/h4-5,8,12H,6-7,9H2,1-3H3. The molecule has 0 bridgehead atoms. The molecule has 6 heteroatoms. The summed E-state index contributed by atoms with van der Waals surface area (Å²) in [5.41, 5.74) is 1.99. The van der Waals surface area contributed by atoms with Gasteiger partial charge in [-0.05, 0) is 43.5 Å². The van der Waals surface area contributed by atoms with Crippen molar-refractivity contribution >= 4 is 16.0 Å². The summed E-state index contributed by atoms with van der Waals surface area (Å²) in [7, 11) is -2.20. The van der Waals surface area contributed by atoms with Crippen LogP contribution >= 0.6 is 0 Å². The maximum Gasteiger partial charge on any atom is 0.310 e. The molecule has 110 valence electrons. The number of benzene rings is 1.